The monoisotopic (exact) mass is 298 g/mol. The van der Waals surface area contributed by atoms with E-state index in [1.54, 1.807) is 11.9 Å². The van der Waals surface area contributed by atoms with Gasteiger partial charge >= 0.3 is 0 Å². The number of hydrogen-bond acceptors (Lipinski definition) is 3. The highest BCUT2D eigenvalue weighted by atomic mass is 32.1. The largest absolute Gasteiger partial charge is 0.392 e. The van der Waals surface area contributed by atoms with Crippen molar-refractivity contribution in [2.75, 3.05) is 7.05 Å². The second kappa shape index (κ2) is 6.39. The topological polar surface area (TPSA) is 66.6 Å². The minimum Gasteiger partial charge on any atom is -0.392 e. The Hall–Kier alpha value is -0.680. The molecule has 0 saturated heterocycles. The third-order valence-electron chi connectivity index (χ3n) is 5.10. The van der Waals surface area contributed by atoms with E-state index in [-0.39, 0.29) is 11.9 Å². The molecule has 0 aromatic rings. The van der Waals surface area contributed by atoms with Crippen molar-refractivity contribution >= 4 is 23.1 Å². The number of nitrogens with zero attached hydrogens (tertiary/aromatic N) is 1. The average molecular weight is 298 g/mol. The molecule has 5 heteroatoms. The van der Waals surface area contributed by atoms with Gasteiger partial charge in [-0.15, -0.1) is 0 Å². The average Bonchev–Trinajstić information content (AvgIpc) is 2.47. The van der Waals surface area contributed by atoms with Crippen molar-refractivity contribution in [3.63, 3.8) is 0 Å². The van der Waals surface area contributed by atoms with Gasteiger partial charge in [0.1, 0.15) is 0 Å². The SMILES string of the molecule is CN(C(=O)C1(C(N)=S)CCCCC1)C1CCCCC1O. The van der Waals surface area contributed by atoms with Crippen LogP contribution in [-0.4, -0.2) is 40.1 Å². The van der Waals surface area contributed by atoms with Crippen LogP contribution in [0.1, 0.15) is 57.8 Å². The fourth-order valence-corrected chi connectivity index (χ4v) is 4.04. The number of hydrogen-bond donors (Lipinski definition) is 2. The quantitative estimate of drug-likeness (QED) is 0.782. The van der Waals surface area contributed by atoms with Gasteiger partial charge in [-0.3, -0.25) is 4.79 Å². The van der Waals surface area contributed by atoms with Crippen LogP contribution in [0.4, 0.5) is 0 Å². The van der Waals surface area contributed by atoms with Crippen LogP contribution < -0.4 is 5.73 Å². The second-order valence-electron chi connectivity index (χ2n) is 6.34. The molecule has 4 nitrogen and oxygen atoms in total. The lowest BCUT2D eigenvalue weighted by Gasteiger charge is -2.42. The van der Waals surface area contributed by atoms with Crippen LogP contribution in [0.15, 0.2) is 0 Å². The summed E-state index contributed by atoms with van der Waals surface area (Å²) < 4.78 is 0. The molecule has 2 fully saturated rings. The van der Waals surface area contributed by atoms with Gasteiger partial charge in [0.05, 0.1) is 22.5 Å². The molecular weight excluding hydrogens is 272 g/mol. The normalized spacial score (nSPS) is 29.7. The Morgan fingerprint density at radius 2 is 1.80 bits per heavy atom. The molecule has 2 saturated carbocycles. The summed E-state index contributed by atoms with van der Waals surface area (Å²) >= 11 is 5.22. The summed E-state index contributed by atoms with van der Waals surface area (Å²) in [5.41, 5.74) is 5.26. The van der Waals surface area contributed by atoms with Gasteiger partial charge in [-0.1, -0.05) is 44.3 Å². The highest BCUT2D eigenvalue weighted by Crippen LogP contribution is 2.39. The first-order chi connectivity index (χ1) is 9.49. The fraction of sp³-hybridized carbons (Fsp3) is 0.867. The number of thiocarbonyl (C=S) groups is 1. The number of rotatable bonds is 3. The number of likely N-dealkylation sites (N-methyl/N-ethyl adjacent to an activating group) is 1. The molecule has 2 unspecified atom stereocenters. The summed E-state index contributed by atoms with van der Waals surface area (Å²) in [6, 6.07) is -0.0793. The van der Waals surface area contributed by atoms with Crippen LogP contribution in [0.5, 0.6) is 0 Å². The molecule has 114 valence electrons. The standard InChI is InChI=1S/C15H26N2O2S/c1-17(11-7-3-4-8-12(11)18)14(19)15(13(16)20)9-5-2-6-10-15/h11-12,18H,2-10H2,1H3,(H2,16,20). The zero-order chi connectivity index (χ0) is 14.8. The molecule has 0 aromatic heterocycles. The summed E-state index contributed by atoms with van der Waals surface area (Å²) in [6.07, 6.45) is 8.02. The van der Waals surface area contributed by atoms with Gasteiger partial charge in [0.2, 0.25) is 5.91 Å². The van der Waals surface area contributed by atoms with Crippen LogP contribution in [0, 0.1) is 5.41 Å². The molecule has 0 radical (unpaired) electrons. The molecule has 0 spiro atoms. The first kappa shape index (κ1) is 15.7. The lowest BCUT2D eigenvalue weighted by atomic mass is 9.72. The fourth-order valence-electron chi connectivity index (χ4n) is 3.75. The number of aliphatic hydroxyl groups is 1. The predicted octanol–water partition coefficient (Wildman–Crippen LogP) is 1.98. The van der Waals surface area contributed by atoms with Crippen molar-refractivity contribution in [2.24, 2.45) is 11.1 Å². The minimum absolute atomic E-state index is 0.0238. The molecular formula is C15H26N2O2S. The van der Waals surface area contributed by atoms with E-state index < -0.39 is 11.5 Å². The second-order valence-corrected chi connectivity index (χ2v) is 6.78. The first-order valence-corrected chi connectivity index (χ1v) is 8.15. The van der Waals surface area contributed by atoms with Crippen LogP contribution in [0.25, 0.3) is 0 Å². The van der Waals surface area contributed by atoms with Crippen molar-refractivity contribution in [2.45, 2.75) is 69.9 Å². The molecule has 0 heterocycles. The maximum atomic E-state index is 13.0. The zero-order valence-electron chi connectivity index (χ0n) is 12.3. The third-order valence-corrected chi connectivity index (χ3v) is 5.49. The Morgan fingerprint density at radius 3 is 2.35 bits per heavy atom. The Bertz CT molecular complexity index is 380. The minimum atomic E-state index is -0.667. The maximum absolute atomic E-state index is 13.0. The van der Waals surface area contributed by atoms with E-state index in [0.29, 0.717) is 4.99 Å². The van der Waals surface area contributed by atoms with E-state index in [1.807, 2.05) is 0 Å². The van der Waals surface area contributed by atoms with E-state index in [4.69, 9.17) is 18.0 Å². The number of nitrogens with two attached hydrogens (primary N) is 1. The lowest BCUT2D eigenvalue weighted by molar-refractivity contribution is -0.144. The summed E-state index contributed by atoms with van der Waals surface area (Å²) in [4.78, 5) is 15.0. The van der Waals surface area contributed by atoms with Crippen LogP contribution in [0.3, 0.4) is 0 Å². The molecule has 2 atom stereocenters. The van der Waals surface area contributed by atoms with Gasteiger partial charge in [0.15, 0.2) is 0 Å². The molecule has 0 aliphatic heterocycles. The Morgan fingerprint density at radius 1 is 1.20 bits per heavy atom. The van der Waals surface area contributed by atoms with Gasteiger partial charge < -0.3 is 15.7 Å². The smallest absolute Gasteiger partial charge is 0.235 e. The van der Waals surface area contributed by atoms with E-state index in [0.717, 1.165) is 57.8 Å². The summed E-state index contributed by atoms with van der Waals surface area (Å²) in [7, 11) is 1.80. The van der Waals surface area contributed by atoms with E-state index >= 15 is 0 Å². The lowest BCUT2D eigenvalue weighted by Crippen LogP contribution is -2.55. The Balaban J connectivity index is 2.16. The molecule has 1 amide bonds. The predicted molar refractivity (Wildman–Crippen MR) is 83.3 cm³/mol. The molecule has 20 heavy (non-hydrogen) atoms. The third kappa shape index (κ3) is 2.84. The van der Waals surface area contributed by atoms with Crippen LogP contribution >= 0.6 is 12.2 Å². The highest BCUT2D eigenvalue weighted by Gasteiger charge is 2.46. The van der Waals surface area contributed by atoms with Crippen molar-refractivity contribution in [1.29, 1.82) is 0 Å². The Kier molecular flexibility index (Phi) is 5.02. The van der Waals surface area contributed by atoms with Crippen LogP contribution in [-0.2, 0) is 4.79 Å². The molecule has 2 aliphatic rings. The number of amides is 1. The van der Waals surface area contributed by atoms with Gasteiger partial charge in [-0.2, -0.15) is 0 Å². The first-order valence-electron chi connectivity index (χ1n) is 7.74. The van der Waals surface area contributed by atoms with Crippen molar-refractivity contribution in [3.8, 4) is 0 Å². The summed E-state index contributed by atoms with van der Waals surface area (Å²) in [5, 5.41) is 10.2. The Labute approximate surface area is 126 Å². The number of aliphatic hydroxyl groups excluding tert-OH is 1. The molecule has 2 rings (SSSR count). The van der Waals surface area contributed by atoms with Gasteiger partial charge in [-0.25, -0.2) is 0 Å². The molecule has 2 aliphatic carbocycles. The summed E-state index contributed by atoms with van der Waals surface area (Å²) in [5.74, 6) is 0.0238. The van der Waals surface area contributed by atoms with E-state index in [1.165, 1.54) is 0 Å². The van der Waals surface area contributed by atoms with Crippen molar-refractivity contribution in [3.05, 3.63) is 0 Å². The van der Waals surface area contributed by atoms with Crippen LogP contribution in [0.2, 0.25) is 0 Å². The van der Waals surface area contributed by atoms with E-state index in [2.05, 4.69) is 0 Å². The van der Waals surface area contributed by atoms with Gasteiger partial charge in [0.25, 0.3) is 0 Å². The molecule has 3 N–H and O–H groups in total. The van der Waals surface area contributed by atoms with E-state index in [9.17, 15) is 9.90 Å². The number of carbonyl (C=O) groups excluding carboxylic acids is 1. The number of carbonyl (C=O) groups is 1. The maximum Gasteiger partial charge on any atom is 0.235 e. The van der Waals surface area contributed by atoms with Crippen molar-refractivity contribution in [1.82, 2.24) is 4.90 Å². The highest BCUT2D eigenvalue weighted by molar-refractivity contribution is 7.80. The zero-order valence-corrected chi connectivity index (χ0v) is 13.1. The van der Waals surface area contributed by atoms with Gasteiger partial charge in [0, 0.05) is 7.05 Å². The molecule has 0 bridgehead atoms. The van der Waals surface area contributed by atoms with Gasteiger partial charge in [-0.05, 0) is 25.7 Å². The molecule has 0 aromatic carbocycles. The van der Waals surface area contributed by atoms with Crippen molar-refractivity contribution < 1.29 is 9.90 Å². The summed E-state index contributed by atoms with van der Waals surface area (Å²) in [6.45, 7) is 0.